The summed E-state index contributed by atoms with van der Waals surface area (Å²) in [5.74, 6) is 0.308. The van der Waals surface area contributed by atoms with Gasteiger partial charge in [-0.3, -0.25) is 4.79 Å². The molecule has 1 aliphatic rings. The SMILES string of the molecule is O=C(NCc1ccccc1F)Nn1c(C2CCCCC2)nc2ccccc2c1=O. The van der Waals surface area contributed by atoms with Crippen molar-refractivity contribution in [3.8, 4) is 0 Å². The summed E-state index contributed by atoms with van der Waals surface area (Å²) in [7, 11) is 0. The average molecular weight is 394 g/mol. The van der Waals surface area contributed by atoms with Gasteiger partial charge in [0.05, 0.1) is 10.9 Å². The van der Waals surface area contributed by atoms with Gasteiger partial charge < -0.3 is 5.32 Å². The number of amides is 2. The van der Waals surface area contributed by atoms with E-state index in [9.17, 15) is 14.0 Å². The Kier molecular flexibility index (Phi) is 5.55. The first-order chi connectivity index (χ1) is 14.1. The zero-order valence-corrected chi connectivity index (χ0v) is 16.0. The Labute approximate surface area is 167 Å². The molecule has 0 saturated heterocycles. The van der Waals surface area contributed by atoms with E-state index in [0.717, 1.165) is 25.7 Å². The third-order valence-electron chi connectivity index (χ3n) is 5.38. The van der Waals surface area contributed by atoms with Crippen LogP contribution < -0.4 is 16.3 Å². The summed E-state index contributed by atoms with van der Waals surface area (Å²) in [6, 6.07) is 12.8. The maximum Gasteiger partial charge on any atom is 0.334 e. The molecule has 0 aliphatic heterocycles. The molecule has 1 aromatic heterocycles. The predicted molar refractivity (Wildman–Crippen MR) is 110 cm³/mol. The van der Waals surface area contributed by atoms with Crippen LogP contribution in [0.4, 0.5) is 9.18 Å². The standard InChI is InChI=1S/C22H23FN4O2/c23-18-12-6-4-10-16(18)14-24-22(29)26-27-20(15-8-2-1-3-9-15)25-19-13-7-5-11-17(19)21(27)28/h4-7,10-13,15H,1-3,8-9,14H2,(H2,24,26,29). The van der Waals surface area contributed by atoms with Crippen LogP contribution in [0.2, 0.25) is 0 Å². The van der Waals surface area contributed by atoms with E-state index in [4.69, 9.17) is 4.98 Å². The van der Waals surface area contributed by atoms with Gasteiger partial charge >= 0.3 is 6.03 Å². The summed E-state index contributed by atoms with van der Waals surface area (Å²) in [6.07, 6.45) is 5.19. The monoisotopic (exact) mass is 394 g/mol. The number of rotatable bonds is 4. The second-order valence-corrected chi connectivity index (χ2v) is 7.35. The Morgan fingerprint density at radius 3 is 2.59 bits per heavy atom. The highest BCUT2D eigenvalue weighted by Gasteiger charge is 2.23. The molecular weight excluding hydrogens is 371 g/mol. The van der Waals surface area contributed by atoms with E-state index < -0.39 is 6.03 Å². The minimum atomic E-state index is -0.579. The van der Waals surface area contributed by atoms with Gasteiger partial charge in [0.1, 0.15) is 11.6 Å². The van der Waals surface area contributed by atoms with Crippen LogP contribution in [0.25, 0.3) is 10.9 Å². The van der Waals surface area contributed by atoms with Crippen molar-refractivity contribution in [1.29, 1.82) is 0 Å². The molecule has 0 atom stereocenters. The number of fused-ring (bicyclic) bond motifs is 1. The van der Waals surface area contributed by atoms with Gasteiger partial charge in [-0.1, -0.05) is 49.6 Å². The Morgan fingerprint density at radius 2 is 1.79 bits per heavy atom. The molecular formula is C22H23FN4O2. The lowest BCUT2D eigenvalue weighted by Gasteiger charge is -2.24. The fourth-order valence-electron chi connectivity index (χ4n) is 3.85. The van der Waals surface area contributed by atoms with Crippen LogP contribution in [-0.2, 0) is 6.54 Å². The topological polar surface area (TPSA) is 76.0 Å². The molecule has 1 saturated carbocycles. The Balaban J connectivity index is 1.62. The minimum absolute atomic E-state index is 0.0209. The molecule has 1 fully saturated rings. The molecule has 2 aromatic carbocycles. The van der Waals surface area contributed by atoms with E-state index in [-0.39, 0.29) is 23.8 Å². The minimum Gasteiger partial charge on any atom is -0.333 e. The number of urea groups is 1. The fourth-order valence-corrected chi connectivity index (χ4v) is 3.85. The molecule has 3 aromatic rings. The second-order valence-electron chi connectivity index (χ2n) is 7.35. The first-order valence-electron chi connectivity index (χ1n) is 9.93. The number of carbonyl (C=O) groups excluding carboxylic acids is 1. The quantitative estimate of drug-likeness (QED) is 0.701. The van der Waals surface area contributed by atoms with E-state index in [0.29, 0.717) is 22.3 Å². The molecule has 1 aliphatic carbocycles. The van der Waals surface area contributed by atoms with Crippen molar-refractivity contribution >= 4 is 16.9 Å². The van der Waals surface area contributed by atoms with Gasteiger partial charge in [0.2, 0.25) is 0 Å². The molecule has 2 amide bonds. The molecule has 6 nitrogen and oxygen atoms in total. The summed E-state index contributed by atoms with van der Waals surface area (Å²) in [4.78, 5) is 30.3. The van der Waals surface area contributed by atoms with Crippen molar-refractivity contribution in [1.82, 2.24) is 15.0 Å². The highest BCUT2D eigenvalue weighted by atomic mass is 19.1. The predicted octanol–water partition coefficient (Wildman–Crippen LogP) is 4.04. The van der Waals surface area contributed by atoms with Gasteiger partial charge in [-0.2, -0.15) is 0 Å². The lowest BCUT2D eigenvalue weighted by atomic mass is 9.88. The van der Waals surface area contributed by atoms with Crippen molar-refractivity contribution in [2.24, 2.45) is 0 Å². The summed E-state index contributed by atoms with van der Waals surface area (Å²) >= 11 is 0. The van der Waals surface area contributed by atoms with Crippen LogP contribution in [0.5, 0.6) is 0 Å². The third-order valence-corrected chi connectivity index (χ3v) is 5.38. The first kappa shape index (κ1) is 19.1. The molecule has 0 bridgehead atoms. The lowest BCUT2D eigenvalue weighted by molar-refractivity contribution is 0.248. The first-order valence-corrected chi connectivity index (χ1v) is 9.93. The summed E-state index contributed by atoms with van der Waals surface area (Å²) in [5, 5.41) is 3.06. The van der Waals surface area contributed by atoms with Crippen molar-refractivity contribution in [2.45, 2.75) is 44.6 Å². The summed E-state index contributed by atoms with van der Waals surface area (Å²) in [6.45, 7) is 0.0209. The van der Waals surface area contributed by atoms with Crippen LogP contribution in [-0.4, -0.2) is 15.7 Å². The van der Waals surface area contributed by atoms with Crippen LogP contribution in [0.15, 0.2) is 53.3 Å². The van der Waals surface area contributed by atoms with Crippen LogP contribution in [0, 0.1) is 5.82 Å². The Morgan fingerprint density at radius 1 is 1.07 bits per heavy atom. The van der Waals surface area contributed by atoms with Crippen LogP contribution >= 0.6 is 0 Å². The smallest absolute Gasteiger partial charge is 0.333 e. The molecule has 0 spiro atoms. The third kappa shape index (κ3) is 4.13. The van der Waals surface area contributed by atoms with E-state index in [2.05, 4.69) is 10.7 Å². The fraction of sp³-hybridized carbons (Fsp3) is 0.318. The molecule has 150 valence electrons. The number of benzene rings is 2. The Hall–Kier alpha value is -3.22. The van der Waals surface area contributed by atoms with Crippen molar-refractivity contribution in [2.75, 3.05) is 5.43 Å². The number of hydrogen-bond donors (Lipinski definition) is 2. The molecule has 29 heavy (non-hydrogen) atoms. The van der Waals surface area contributed by atoms with Crippen molar-refractivity contribution in [3.63, 3.8) is 0 Å². The van der Waals surface area contributed by atoms with Gasteiger partial charge in [-0.05, 0) is 31.0 Å². The molecule has 0 radical (unpaired) electrons. The van der Waals surface area contributed by atoms with Crippen molar-refractivity contribution < 1.29 is 9.18 Å². The maximum atomic E-state index is 13.8. The number of aromatic nitrogens is 2. The number of halogens is 1. The van der Waals surface area contributed by atoms with Crippen LogP contribution in [0.3, 0.4) is 0 Å². The second kappa shape index (κ2) is 8.43. The van der Waals surface area contributed by atoms with Gasteiger partial charge in [-0.15, -0.1) is 0 Å². The number of nitrogens with one attached hydrogen (secondary N) is 2. The van der Waals surface area contributed by atoms with E-state index in [1.54, 1.807) is 30.3 Å². The van der Waals surface area contributed by atoms with Crippen molar-refractivity contribution in [3.05, 3.63) is 76.1 Å². The zero-order chi connectivity index (χ0) is 20.2. The molecule has 4 rings (SSSR count). The van der Waals surface area contributed by atoms with Gasteiger partial charge in [-0.25, -0.2) is 24.3 Å². The molecule has 2 N–H and O–H groups in total. The van der Waals surface area contributed by atoms with Gasteiger partial charge in [0, 0.05) is 18.0 Å². The van der Waals surface area contributed by atoms with E-state index in [1.807, 2.05) is 12.1 Å². The van der Waals surface area contributed by atoms with Crippen LogP contribution in [0.1, 0.15) is 49.4 Å². The summed E-state index contributed by atoms with van der Waals surface area (Å²) in [5.41, 5.74) is 3.32. The number of hydrogen-bond acceptors (Lipinski definition) is 3. The highest BCUT2D eigenvalue weighted by Crippen LogP contribution is 2.31. The Bertz CT molecular complexity index is 1090. The van der Waals surface area contributed by atoms with E-state index >= 15 is 0 Å². The largest absolute Gasteiger partial charge is 0.334 e. The summed E-state index contributed by atoms with van der Waals surface area (Å²) < 4.78 is 15.0. The maximum absolute atomic E-state index is 13.8. The average Bonchev–Trinajstić information content (AvgIpc) is 2.75. The lowest BCUT2D eigenvalue weighted by Crippen LogP contribution is -2.42. The van der Waals surface area contributed by atoms with Gasteiger partial charge in [0.15, 0.2) is 0 Å². The van der Waals surface area contributed by atoms with Gasteiger partial charge in [0.25, 0.3) is 5.56 Å². The zero-order valence-electron chi connectivity index (χ0n) is 16.0. The molecule has 0 unspecified atom stereocenters. The molecule has 1 heterocycles. The number of nitrogens with zero attached hydrogens (tertiary/aromatic N) is 2. The normalized spacial score (nSPS) is 14.7. The number of para-hydroxylation sites is 1. The number of carbonyl (C=O) groups is 1. The van der Waals surface area contributed by atoms with E-state index in [1.165, 1.54) is 17.2 Å². The molecule has 7 heteroatoms. The highest BCUT2D eigenvalue weighted by molar-refractivity contribution is 5.83.